The van der Waals surface area contributed by atoms with Crippen LogP contribution in [0.25, 0.3) is 0 Å². The number of rotatable bonds is 1. The number of nitrogen functional groups attached to an aromatic ring is 1. The molecule has 0 spiro atoms. The lowest BCUT2D eigenvalue weighted by atomic mass is 10.3. The minimum absolute atomic E-state index is 0.0440. The van der Waals surface area contributed by atoms with Crippen LogP contribution in [0.4, 0.5) is 5.82 Å². The number of hydrogen-bond acceptors (Lipinski definition) is 4. The van der Waals surface area contributed by atoms with Crippen molar-refractivity contribution in [1.29, 1.82) is 0 Å². The van der Waals surface area contributed by atoms with Crippen molar-refractivity contribution in [1.82, 2.24) is 15.0 Å². The number of hydrogen-bond donors (Lipinski definition) is 3. The molecule has 0 saturated heterocycles. The molecule has 0 atom stereocenters. The quantitative estimate of drug-likeness (QED) is 0.639. The molecule has 6 nitrogen and oxygen atoms in total. The predicted molar refractivity (Wildman–Crippen MR) is 54.2 cm³/mol. The van der Waals surface area contributed by atoms with Crippen LogP contribution < -0.4 is 5.73 Å². The van der Waals surface area contributed by atoms with E-state index in [1.807, 2.05) is 0 Å². The Morgan fingerprint density at radius 1 is 1.47 bits per heavy atom. The van der Waals surface area contributed by atoms with Gasteiger partial charge in [0.15, 0.2) is 0 Å². The maximum atomic E-state index is 10.3. The Bertz CT molecular complexity index is 397. The summed E-state index contributed by atoms with van der Waals surface area (Å²) in [6.07, 6.45) is 6.53. The number of pyridine rings is 1. The largest absolute Gasteiger partial charge is 0.478 e. The second-order valence-corrected chi connectivity index (χ2v) is 2.50. The molecule has 0 saturated carbocycles. The summed E-state index contributed by atoms with van der Waals surface area (Å²) in [5.41, 5.74) is 5.27. The number of nitrogens with zero attached hydrogens (tertiary/aromatic N) is 2. The second-order valence-electron chi connectivity index (χ2n) is 2.50. The van der Waals surface area contributed by atoms with E-state index in [1.54, 1.807) is 18.7 Å². The normalized spacial score (nSPS) is 8.80. The van der Waals surface area contributed by atoms with Gasteiger partial charge in [0.2, 0.25) is 0 Å². The molecule has 0 aliphatic carbocycles. The summed E-state index contributed by atoms with van der Waals surface area (Å²) in [6.45, 7) is 0. The molecule has 2 aromatic rings. The number of carbonyl (C=O) groups is 1. The van der Waals surface area contributed by atoms with Crippen LogP contribution in [0.15, 0.2) is 37.1 Å². The Kier molecular flexibility index (Phi) is 3.84. The zero-order valence-electron chi connectivity index (χ0n) is 7.79. The standard InChI is InChI=1S/C6H6N2O2.C3H4N2/c7-5-4(6(9)10)2-1-3-8-5;1-2-5-3-4-1/h1-3H,(H2,7,8)(H,9,10);1-3H,(H,4,5). The number of aromatic carboxylic acids is 1. The Labute approximate surface area is 85.8 Å². The second kappa shape index (κ2) is 5.38. The zero-order chi connectivity index (χ0) is 11.1. The summed E-state index contributed by atoms with van der Waals surface area (Å²) in [5, 5.41) is 8.45. The van der Waals surface area contributed by atoms with Gasteiger partial charge in [-0.1, -0.05) is 0 Å². The number of anilines is 1. The molecule has 6 heteroatoms. The molecule has 0 radical (unpaired) electrons. The summed E-state index contributed by atoms with van der Waals surface area (Å²) in [6, 6.07) is 2.94. The van der Waals surface area contributed by atoms with Crippen LogP contribution in [0, 0.1) is 0 Å². The van der Waals surface area contributed by atoms with E-state index in [4.69, 9.17) is 10.8 Å². The minimum atomic E-state index is -1.05. The smallest absolute Gasteiger partial charge is 0.339 e. The molecule has 0 fully saturated rings. The third-order valence-corrected chi connectivity index (χ3v) is 1.47. The van der Waals surface area contributed by atoms with Crippen LogP contribution in [0.3, 0.4) is 0 Å². The molecule has 2 heterocycles. The van der Waals surface area contributed by atoms with Crippen molar-refractivity contribution in [2.45, 2.75) is 0 Å². The number of aromatic amines is 1. The Morgan fingerprint density at radius 3 is 2.60 bits per heavy atom. The number of H-pyrrole nitrogens is 1. The molecule has 0 aliphatic rings. The van der Waals surface area contributed by atoms with Gasteiger partial charge in [0.05, 0.1) is 6.33 Å². The lowest BCUT2D eigenvalue weighted by molar-refractivity contribution is 0.0697. The van der Waals surface area contributed by atoms with Gasteiger partial charge in [-0.2, -0.15) is 0 Å². The summed E-state index contributed by atoms with van der Waals surface area (Å²) in [4.78, 5) is 20.3. The highest BCUT2D eigenvalue weighted by atomic mass is 16.4. The molecule has 15 heavy (non-hydrogen) atoms. The van der Waals surface area contributed by atoms with Crippen molar-refractivity contribution in [3.05, 3.63) is 42.6 Å². The highest BCUT2D eigenvalue weighted by Gasteiger charge is 2.05. The highest BCUT2D eigenvalue weighted by Crippen LogP contribution is 2.05. The predicted octanol–water partition coefficient (Wildman–Crippen LogP) is 0.772. The van der Waals surface area contributed by atoms with E-state index in [0.717, 1.165) is 0 Å². The topological polar surface area (TPSA) is 105 Å². The highest BCUT2D eigenvalue weighted by molar-refractivity contribution is 5.92. The van der Waals surface area contributed by atoms with Gasteiger partial charge < -0.3 is 15.8 Å². The van der Waals surface area contributed by atoms with Gasteiger partial charge in [0.25, 0.3) is 0 Å². The van der Waals surface area contributed by atoms with Gasteiger partial charge in [-0.3, -0.25) is 0 Å². The van der Waals surface area contributed by atoms with Crippen molar-refractivity contribution in [3.63, 3.8) is 0 Å². The Hall–Kier alpha value is -2.37. The summed E-state index contributed by atoms with van der Waals surface area (Å²) < 4.78 is 0. The number of carboxylic acid groups (broad SMARTS) is 1. The summed E-state index contributed by atoms with van der Waals surface area (Å²) >= 11 is 0. The van der Waals surface area contributed by atoms with Crippen molar-refractivity contribution >= 4 is 11.8 Å². The molecule has 0 unspecified atom stereocenters. The van der Waals surface area contributed by atoms with Gasteiger partial charge in [0.1, 0.15) is 11.4 Å². The lowest BCUT2D eigenvalue weighted by Gasteiger charge is -1.95. The van der Waals surface area contributed by atoms with E-state index in [2.05, 4.69) is 15.0 Å². The molecule has 0 aromatic carbocycles. The number of nitrogens with one attached hydrogen (secondary N) is 1. The van der Waals surface area contributed by atoms with E-state index in [1.165, 1.54) is 18.3 Å². The van der Waals surface area contributed by atoms with Crippen molar-refractivity contribution in [2.75, 3.05) is 5.73 Å². The van der Waals surface area contributed by atoms with E-state index in [0.29, 0.717) is 0 Å². The van der Waals surface area contributed by atoms with Crippen LogP contribution in [-0.4, -0.2) is 26.0 Å². The molecule has 0 amide bonds. The summed E-state index contributed by atoms with van der Waals surface area (Å²) in [7, 11) is 0. The molecule has 2 aromatic heterocycles. The van der Waals surface area contributed by atoms with E-state index in [9.17, 15) is 4.79 Å². The molecule has 0 bridgehead atoms. The first kappa shape index (κ1) is 10.7. The molecular weight excluding hydrogens is 196 g/mol. The first-order chi connectivity index (χ1) is 7.22. The average molecular weight is 206 g/mol. The lowest BCUT2D eigenvalue weighted by Crippen LogP contribution is -2.03. The Morgan fingerprint density at radius 2 is 2.27 bits per heavy atom. The fourth-order valence-corrected chi connectivity index (χ4v) is 0.814. The average Bonchev–Trinajstić information content (AvgIpc) is 2.75. The molecular formula is C9H10N4O2. The SMILES string of the molecule is Nc1ncccc1C(=O)O.c1c[nH]cn1. The van der Waals surface area contributed by atoms with E-state index in [-0.39, 0.29) is 11.4 Å². The van der Waals surface area contributed by atoms with Crippen LogP contribution >= 0.6 is 0 Å². The van der Waals surface area contributed by atoms with Crippen LogP contribution in [-0.2, 0) is 0 Å². The zero-order valence-corrected chi connectivity index (χ0v) is 7.79. The van der Waals surface area contributed by atoms with Gasteiger partial charge in [0, 0.05) is 18.6 Å². The van der Waals surface area contributed by atoms with Gasteiger partial charge >= 0.3 is 5.97 Å². The molecule has 78 valence electrons. The van der Waals surface area contributed by atoms with Gasteiger partial charge in [-0.25, -0.2) is 14.8 Å². The van der Waals surface area contributed by atoms with Gasteiger partial charge in [-0.05, 0) is 12.1 Å². The maximum Gasteiger partial charge on any atom is 0.339 e. The summed E-state index contributed by atoms with van der Waals surface area (Å²) in [5.74, 6) is -0.999. The third kappa shape index (κ3) is 3.47. The number of imidazole rings is 1. The molecule has 0 aliphatic heterocycles. The van der Waals surface area contributed by atoms with E-state index >= 15 is 0 Å². The first-order valence-corrected chi connectivity index (χ1v) is 4.08. The Balaban J connectivity index is 0.000000187. The van der Waals surface area contributed by atoms with Crippen LogP contribution in [0.5, 0.6) is 0 Å². The number of nitrogens with two attached hydrogens (primary N) is 1. The van der Waals surface area contributed by atoms with Crippen molar-refractivity contribution < 1.29 is 9.90 Å². The first-order valence-electron chi connectivity index (χ1n) is 4.08. The monoisotopic (exact) mass is 206 g/mol. The van der Waals surface area contributed by atoms with E-state index < -0.39 is 5.97 Å². The number of aromatic nitrogens is 3. The van der Waals surface area contributed by atoms with Crippen molar-refractivity contribution in [2.24, 2.45) is 0 Å². The maximum absolute atomic E-state index is 10.3. The van der Waals surface area contributed by atoms with Crippen LogP contribution in [0.1, 0.15) is 10.4 Å². The molecule has 4 N–H and O–H groups in total. The van der Waals surface area contributed by atoms with Crippen LogP contribution in [0.2, 0.25) is 0 Å². The van der Waals surface area contributed by atoms with Gasteiger partial charge in [-0.15, -0.1) is 0 Å². The fraction of sp³-hybridized carbons (Fsp3) is 0. The number of carboxylic acids is 1. The minimum Gasteiger partial charge on any atom is -0.478 e. The third-order valence-electron chi connectivity index (χ3n) is 1.47. The fourth-order valence-electron chi connectivity index (χ4n) is 0.814. The molecule has 2 rings (SSSR count). The van der Waals surface area contributed by atoms with Crippen molar-refractivity contribution in [3.8, 4) is 0 Å².